The van der Waals surface area contributed by atoms with Crippen LogP contribution >= 0.6 is 0 Å². The molecular formula is C108H68N2. The highest BCUT2D eigenvalue weighted by Crippen LogP contribution is 2.50. The van der Waals surface area contributed by atoms with Crippen molar-refractivity contribution in [2.24, 2.45) is 0 Å². The van der Waals surface area contributed by atoms with Crippen LogP contribution in [-0.2, 0) is 0 Å². The SMILES string of the molecule is c1ccc(-c2c3ccccc3c(-c3ccc(-n4c5ccccc5c5c6c(-c7cccc8ccccc78)c7ccccc7cc6ccc54)cc3)c3ccccc23)cc1.c1ccc(-c2c3ccccc3c(-c3ccc(-n4c5ccccc5c5c6cc7ccccc7c(-c7ccccc7)c6ccc54)cc3)c3ccccc23)cc1. The fourth-order valence-electron chi connectivity index (χ4n) is 18.7. The standard InChI is InChI=1S/C56H35N.C52H33N/c1-2-16-37(17-3-1)52-45-22-8-10-24-47(45)53(48-25-11-9-23-46(48)52)38-29-32-41(33-30-38)57-50-28-13-12-26-49(50)56-51(57)34-31-40-35-39-18-5-7-21-43(39)55(54(40)56)44-27-14-19-36-15-4-6-20-42(36)44;1-3-15-34(16-4-1)49-39-20-8-7-19-37(39)33-46-44(49)31-32-48-52(46)45-25-13-14-26-47(45)53(48)38-29-27-36(28-30-38)51-42-23-11-9-21-40(42)50(35-17-5-2-6-18-35)41-22-10-12-24-43(41)51/h1-35H;1-33H. The Morgan fingerprint density at radius 3 is 0.900 bits per heavy atom. The molecule has 0 aliphatic heterocycles. The van der Waals surface area contributed by atoms with Gasteiger partial charge in [0.2, 0.25) is 0 Å². The second kappa shape index (κ2) is 25.7. The molecule has 0 radical (unpaired) electrons. The van der Waals surface area contributed by atoms with Gasteiger partial charge in [0, 0.05) is 38.3 Å². The van der Waals surface area contributed by atoms with Gasteiger partial charge in [0.25, 0.3) is 0 Å². The normalized spacial score (nSPS) is 11.8. The molecular weight excluding hydrogens is 1330 g/mol. The Labute approximate surface area is 636 Å². The maximum absolute atomic E-state index is 2.46. The number of benzene rings is 21. The lowest BCUT2D eigenvalue weighted by atomic mass is 9.86. The summed E-state index contributed by atoms with van der Waals surface area (Å²) in [6, 6.07) is 152. The number of nitrogens with zero attached hydrogens (tertiary/aromatic N) is 2. The molecule has 0 spiro atoms. The third-order valence-corrected chi connectivity index (χ3v) is 23.3. The molecule has 0 aliphatic rings. The van der Waals surface area contributed by atoms with Crippen molar-refractivity contribution in [3.63, 3.8) is 0 Å². The van der Waals surface area contributed by atoms with Crippen LogP contribution in [0.5, 0.6) is 0 Å². The van der Waals surface area contributed by atoms with Crippen LogP contribution in [0.2, 0.25) is 0 Å². The van der Waals surface area contributed by atoms with Crippen molar-refractivity contribution in [1.29, 1.82) is 0 Å². The van der Waals surface area contributed by atoms with Crippen LogP contribution in [-0.4, -0.2) is 9.13 Å². The molecule has 23 aromatic rings. The van der Waals surface area contributed by atoms with E-state index in [1.165, 1.54) is 207 Å². The average Bonchev–Trinajstić information content (AvgIpc) is 1.58. The van der Waals surface area contributed by atoms with Crippen LogP contribution in [0.4, 0.5) is 0 Å². The minimum Gasteiger partial charge on any atom is -0.309 e. The summed E-state index contributed by atoms with van der Waals surface area (Å²) in [4.78, 5) is 0. The van der Waals surface area contributed by atoms with E-state index in [9.17, 15) is 0 Å². The second-order valence-electron chi connectivity index (χ2n) is 29.2. The van der Waals surface area contributed by atoms with E-state index in [1.807, 2.05) is 0 Å². The van der Waals surface area contributed by atoms with Crippen molar-refractivity contribution in [2.75, 3.05) is 0 Å². The fourth-order valence-corrected chi connectivity index (χ4v) is 18.7. The van der Waals surface area contributed by atoms with Gasteiger partial charge in [-0.15, -0.1) is 0 Å². The van der Waals surface area contributed by atoms with Crippen molar-refractivity contribution >= 4 is 141 Å². The van der Waals surface area contributed by atoms with Crippen LogP contribution in [0, 0.1) is 0 Å². The number of hydrogen-bond donors (Lipinski definition) is 0. The highest BCUT2D eigenvalue weighted by atomic mass is 15.0. The van der Waals surface area contributed by atoms with Gasteiger partial charge in [0.05, 0.1) is 22.1 Å². The Bertz CT molecular complexity index is 7540. The average molecular weight is 1390 g/mol. The zero-order chi connectivity index (χ0) is 72.3. The molecule has 23 rings (SSSR count). The first-order chi connectivity index (χ1) is 54.6. The van der Waals surface area contributed by atoms with Gasteiger partial charge in [-0.25, -0.2) is 0 Å². The van der Waals surface area contributed by atoms with E-state index in [-0.39, 0.29) is 0 Å². The molecule has 0 saturated carbocycles. The van der Waals surface area contributed by atoms with Crippen LogP contribution in [0.1, 0.15) is 0 Å². The van der Waals surface area contributed by atoms with Gasteiger partial charge >= 0.3 is 0 Å². The number of hydrogen-bond acceptors (Lipinski definition) is 0. The molecule has 0 atom stereocenters. The third kappa shape index (κ3) is 9.90. The fraction of sp³-hybridized carbons (Fsp3) is 0. The maximum atomic E-state index is 2.46. The number of aromatic nitrogens is 2. The first-order valence-electron chi connectivity index (χ1n) is 38.1. The molecule has 2 nitrogen and oxygen atoms in total. The summed E-state index contributed by atoms with van der Waals surface area (Å²) in [5, 5.41) is 27.9. The largest absolute Gasteiger partial charge is 0.309 e. The topological polar surface area (TPSA) is 9.86 Å². The molecule has 0 fully saturated rings. The van der Waals surface area contributed by atoms with Crippen LogP contribution < -0.4 is 0 Å². The van der Waals surface area contributed by atoms with Gasteiger partial charge in [-0.1, -0.05) is 352 Å². The predicted octanol–water partition coefficient (Wildman–Crippen LogP) is 29.9. The minimum absolute atomic E-state index is 1.14. The monoisotopic (exact) mass is 1390 g/mol. The Morgan fingerprint density at radius 1 is 0.136 bits per heavy atom. The predicted molar refractivity (Wildman–Crippen MR) is 472 cm³/mol. The Kier molecular flexibility index (Phi) is 14.7. The summed E-state index contributed by atoms with van der Waals surface area (Å²) >= 11 is 0. The molecule has 21 aromatic carbocycles. The number of para-hydroxylation sites is 2. The Morgan fingerprint density at radius 2 is 0.445 bits per heavy atom. The quantitative estimate of drug-likeness (QED) is 0.134. The lowest BCUT2D eigenvalue weighted by molar-refractivity contribution is 1.18. The van der Waals surface area contributed by atoms with Gasteiger partial charge < -0.3 is 9.13 Å². The van der Waals surface area contributed by atoms with Crippen molar-refractivity contribution in [3.8, 4) is 78.1 Å². The maximum Gasteiger partial charge on any atom is 0.0547 e. The van der Waals surface area contributed by atoms with E-state index >= 15 is 0 Å². The van der Waals surface area contributed by atoms with E-state index in [2.05, 4.69) is 422 Å². The molecule has 0 aliphatic carbocycles. The smallest absolute Gasteiger partial charge is 0.0547 e. The molecule has 2 heterocycles. The zero-order valence-corrected chi connectivity index (χ0v) is 60.2. The molecule has 0 unspecified atom stereocenters. The molecule has 0 saturated heterocycles. The summed E-state index contributed by atoms with van der Waals surface area (Å²) in [5.41, 5.74) is 22.2. The summed E-state index contributed by atoms with van der Waals surface area (Å²) < 4.78 is 4.91. The van der Waals surface area contributed by atoms with Crippen molar-refractivity contribution < 1.29 is 0 Å². The molecule has 2 heteroatoms. The molecule has 0 amide bonds. The van der Waals surface area contributed by atoms with Crippen molar-refractivity contribution in [2.45, 2.75) is 0 Å². The van der Waals surface area contributed by atoms with E-state index in [0.717, 1.165) is 11.4 Å². The number of rotatable bonds is 8. The molecule has 2 aromatic heterocycles. The molecule has 0 bridgehead atoms. The van der Waals surface area contributed by atoms with Gasteiger partial charge in [-0.05, 0) is 219 Å². The first kappa shape index (κ1) is 62.9. The number of fused-ring (bicyclic) bond motifs is 17. The second-order valence-corrected chi connectivity index (χ2v) is 29.2. The summed E-state index contributed by atoms with van der Waals surface area (Å²) in [7, 11) is 0. The summed E-state index contributed by atoms with van der Waals surface area (Å²) in [5.74, 6) is 0. The Hall–Kier alpha value is -14.4. The first-order valence-corrected chi connectivity index (χ1v) is 38.1. The van der Waals surface area contributed by atoms with E-state index in [0.29, 0.717) is 0 Å². The van der Waals surface area contributed by atoms with Crippen LogP contribution in [0.3, 0.4) is 0 Å². The highest BCUT2D eigenvalue weighted by molar-refractivity contribution is 6.31. The lowest BCUT2D eigenvalue weighted by Crippen LogP contribution is -1.95. The summed E-state index contributed by atoms with van der Waals surface area (Å²) in [6.07, 6.45) is 0. The van der Waals surface area contributed by atoms with Crippen LogP contribution in [0.15, 0.2) is 413 Å². The third-order valence-electron chi connectivity index (χ3n) is 23.3. The van der Waals surface area contributed by atoms with Gasteiger partial charge in [0.1, 0.15) is 0 Å². The molecule has 110 heavy (non-hydrogen) atoms. The van der Waals surface area contributed by atoms with Gasteiger partial charge in [-0.3, -0.25) is 0 Å². The highest BCUT2D eigenvalue weighted by Gasteiger charge is 2.25. The minimum atomic E-state index is 1.14. The van der Waals surface area contributed by atoms with Gasteiger partial charge in [-0.2, -0.15) is 0 Å². The van der Waals surface area contributed by atoms with Crippen molar-refractivity contribution in [3.05, 3.63) is 413 Å². The lowest BCUT2D eigenvalue weighted by Gasteiger charge is -2.18. The van der Waals surface area contributed by atoms with E-state index in [1.54, 1.807) is 0 Å². The van der Waals surface area contributed by atoms with Crippen molar-refractivity contribution in [1.82, 2.24) is 9.13 Å². The summed E-state index contributed by atoms with van der Waals surface area (Å²) in [6.45, 7) is 0. The van der Waals surface area contributed by atoms with Gasteiger partial charge in [0.15, 0.2) is 0 Å². The van der Waals surface area contributed by atoms with E-state index < -0.39 is 0 Å². The molecule has 510 valence electrons. The zero-order valence-electron chi connectivity index (χ0n) is 60.2. The molecule has 0 N–H and O–H groups in total. The van der Waals surface area contributed by atoms with Crippen LogP contribution in [0.25, 0.3) is 219 Å². The Balaban J connectivity index is 0.000000136. The van der Waals surface area contributed by atoms with E-state index in [4.69, 9.17) is 0 Å².